The number of nitro benzene ring substituents is 2. The molecule has 0 fully saturated rings. The number of anilines is 1. The SMILES string of the molecule is O=C(Nc1ccccc1OC(F)F)c1cc([N+](=O)[O-])cc([N+](=O)[O-])c1. The summed E-state index contributed by atoms with van der Waals surface area (Å²) < 4.78 is 29.0. The van der Waals surface area contributed by atoms with Gasteiger partial charge in [0.15, 0.2) is 0 Å². The maximum atomic E-state index is 12.4. The van der Waals surface area contributed by atoms with E-state index in [0.717, 1.165) is 12.1 Å². The summed E-state index contributed by atoms with van der Waals surface area (Å²) in [6, 6.07) is 7.64. The Kier molecular flexibility index (Phi) is 5.17. The van der Waals surface area contributed by atoms with E-state index in [1.54, 1.807) is 0 Å². The Morgan fingerprint density at radius 2 is 1.60 bits per heavy atom. The van der Waals surface area contributed by atoms with Crippen LogP contribution in [0.25, 0.3) is 0 Å². The lowest BCUT2D eigenvalue weighted by molar-refractivity contribution is -0.394. The number of halogens is 2. The summed E-state index contributed by atoms with van der Waals surface area (Å²) in [4.78, 5) is 32.1. The van der Waals surface area contributed by atoms with E-state index in [4.69, 9.17) is 0 Å². The molecule has 9 nitrogen and oxygen atoms in total. The van der Waals surface area contributed by atoms with Crippen LogP contribution in [0.1, 0.15) is 10.4 Å². The smallest absolute Gasteiger partial charge is 0.387 e. The second-order valence-corrected chi connectivity index (χ2v) is 4.58. The average Bonchev–Trinajstić information content (AvgIpc) is 2.55. The molecule has 0 heterocycles. The first-order valence-corrected chi connectivity index (χ1v) is 6.57. The molecule has 1 N–H and O–H groups in total. The Labute approximate surface area is 138 Å². The van der Waals surface area contributed by atoms with Gasteiger partial charge in [-0.1, -0.05) is 12.1 Å². The van der Waals surface area contributed by atoms with Gasteiger partial charge in [0.05, 0.1) is 27.2 Å². The van der Waals surface area contributed by atoms with Crippen molar-refractivity contribution in [1.82, 2.24) is 0 Å². The van der Waals surface area contributed by atoms with Gasteiger partial charge in [0.2, 0.25) is 0 Å². The summed E-state index contributed by atoms with van der Waals surface area (Å²) in [7, 11) is 0. The second kappa shape index (κ2) is 7.29. The first-order chi connectivity index (χ1) is 11.8. The van der Waals surface area contributed by atoms with E-state index in [1.165, 1.54) is 24.3 Å². The number of carbonyl (C=O) groups excluding carboxylic acids is 1. The number of carbonyl (C=O) groups is 1. The standard InChI is InChI=1S/C14H9F2N3O6/c15-14(16)25-12-4-2-1-3-11(12)17-13(20)8-5-9(18(21)22)7-10(6-8)19(23)24/h1-7,14H,(H,17,20). The van der Waals surface area contributed by atoms with Gasteiger partial charge in [-0.3, -0.25) is 25.0 Å². The van der Waals surface area contributed by atoms with Crippen LogP contribution in [0.5, 0.6) is 5.75 Å². The van der Waals surface area contributed by atoms with E-state index in [9.17, 15) is 33.8 Å². The maximum absolute atomic E-state index is 12.4. The van der Waals surface area contributed by atoms with Crippen molar-refractivity contribution in [2.24, 2.45) is 0 Å². The van der Waals surface area contributed by atoms with Gasteiger partial charge >= 0.3 is 6.61 Å². The molecule has 25 heavy (non-hydrogen) atoms. The molecule has 0 aliphatic rings. The van der Waals surface area contributed by atoms with E-state index in [0.29, 0.717) is 6.07 Å². The molecule has 130 valence electrons. The molecule has 0 atom stereocenters. The molecule has 0 aliphatic carbocycles. The number of hydrogen-bond donors (Lipinski definition) is 1. The topological polar surface area (TPSA) is 125 Å². The Bertz CT molecular complexity index is 811. The number of nitrogens with one attached hydrogen (secondary N) is 1. The Hall–Kier alpha value is -3.63. The summed E-state index contributed by atoms with van der Waals surface area (Å²) in [6.45, 7) is -3.13. The van der Waals surface area contributed by atoms with Crippen molar-refractivity contribution in [3.8, 4) is 5.75 Å². The summed E-state index contributed by atoms with van der Waals surface area (Å²) in [5.74, 6) is -1.29. The van der Waals surface area contributed by atoms with Crippen LogP contribution in [0.15, 0.2) is 42.5 Å². The number of rotatable bonds is 6. The lowest BCUT2D eigenvalue weighted by Gasteiger charge is -2.11. The Morgan fingerprint density at radius 1 is 1.04 bits per heavy atom. The number of nitro groups is 2. The highest BCUT2D eigenvalue weighted by Gasteiger charge is 2.21. The fourth-order valence-corrected chi connectivity index (χ4v) is 1.90. The molecule has 0 saturated heterocycles. The van der Waals surface area contributed by atoms with Gasteiger partial charge in [-0.25, -0.2) is 0 Å². The van der Waals surface area contributed by atoms with Crippen LogP contribution in [0.3, 0.4) is 0 Å². The minimum absolute atomic E-state index is 0.123. The normalized spacial score (nSPS) is 10.4. The molecule has 0 radical (unpaired) electrons. The van der Waals surface area contributed by atoms with Gasteiger partial charge in [0.25, 0.3) is 17.3 Å². The average molecular weight is 353 g/mol. The zero-order valence-electron chi connectivity index (χ0n) is 12.2. The molecule has 1 amide bonds. The van der Waals surface area contributed by atoms with E-state index < -0.39 is 33.7 Å². The van der Waals surface area contributed by atoms with Crippen LogP contribution in [0, 0.1) is 20.2 Å². The third kappa shape index (κ3) is 4.43. The molecule has 0 aromatic heterocycles. The van der Waals surface area contributed by atoms with Crippen LogP contribution >= 0.6 is 0 Å². The molecular formula is C14H9F2N3O6. The van der Waals surface area contributed by atoms with Crippen LogP contribution in [0.2, 0.25) is 0 Å². The molecule has 0 bridgehead atoms. The number of hydrogen-bond acceptors (Lipinski definition) is 6. The van der Waals surface area contributed by atoms with Crippen LogP contribution in [-0.2, 0) is 0 Å². The minimum Gasteiger partial charge on any atom is -0.433 e. The third-order valence-corrected chi connectivity index (χ3v) is 2.94. The number of alkyl halides is 2. The predicted octanol–water partition coefficient (Wildman–Crippen LogP) is 3.36. The molecule has 2 aromatic carbocycles. The van der Waals surface area contributed by atoms with Crippen molar-refractivity contribution >= 4 is 23.0 Å². The molecule has 2 rings (SSSR count). The van der Waals surface area contributed by atoms with E-state index in [1.807, 2.05) is 0 Å². The lowest BCUT2D eigenvalue weighted by Crippen LogP contribution is -2.14. The van der Waals surface area contributed by atoms with Gasteiger partial charge in [0, 0.05) is 12.1 Å². The second-order valence-electron chi connectivity index (χ2n) is 4.58. The van der Waals surface area contributed by atoms with Crippen molar-refractivity contribution in [1.29, 1.82) is 0 Å². The fourth-order valence-electron chi connectivity index (χ4n) is 1.90. The maximum Gasteiger partial charge on any atom is 0.387 e. The van der Waals surface area contributed by atoms with Gasteiger partial charge in [-0.2, -0.15) is 8.78 Å². The zero-order chi connectivity index (χ0) is 18.6. The monoisotopic (exact) mass is 353 g/mol. The summed E-state index contributed by atoms with van der Waals surface area (Å²) in [5.41, 5.74) is -1.82. The van der Waals surface area contributed by atoms with Gasteiger partial charge in [0.1, 0.15) is 5.75 Å². The van der Waals surface area contributed by atoms with Crippen LogP contribution in [0.4, 0.5) is 25.8 Å². The minimum atomic E-state index is -3.13. The van der Waals surface area contributed by atoms with E-state index in [2.05, 4.69) is 10.1 Å². The summed E-state index contributed by atoms with van der Waals surface area (Å²) in [5, 5.41) is 23.9. The summed E-state index contributed by atoms with van der Waals surface area (Å²) in [6.07, 6.45) is 0. The number of benzene rings is 2. The lowest BCUT2D eigenvalue weighted by atomic mass is 10.1. The Balaban J connectivity index is 2.36. The largest absolute Gasteiger partial charge is 0.433 e. The highest BCUT2D eigenvalue weighted by molar-refractivity contribution is 6.05. The number of para-hydroxylation sites is 2. The molecule has 0 spiro atoms. The van der Waals surface area contributed by atoms with E-state index >= 15 is 0 Å². The summed E-state index contributed by atoms with van der Waals surface area (Å²) >= 11 is 0. The molecular weight excluding hydrogens is 344 g/mol. The van der Waals surface area contributed by atoms with Crippen molar-refractivity contribution in [2.75, 3.05) is 5.32 Å². The predicted molar refractivity (Wildman–Crippen MR) is 80.8 cm³/mol. The van der Waals surface area contributed by atoms with Gasteiger partial charge < -0.3 is 10.1 Å². The van der Waals surface area contributed by atoms with Crippen molar-refractivity contribution < 1.29 is 28.2 Å². The first kappa shape index (κ1) is 17.7. The number of ether oxygens (including phenoxy) is 1. The van der Waals surface area contributed by atoms with Crippen molar-refractivity contribution in [3.05, 3.63) is 68.3 Å². The van der Waals surface area contributed by atoms with Crippen LogP contribution < -0.4 is 10.1 Å². The number of non-ortho nitro benzene ring substituents is 2. The first-order valence-electron chi connectivity index (χ1n) is 6.57. The molecule has 2 aromatic rings. The molecule has 0 unspecified atom stereocenters. The van der Waals surface area contributed by atoms with Crippen molar-refractivity contribution in [2.45, 2.75) is 6.61 Å². The Morgan fingerprint density at radius 3 is 2.12 bits per heavy atom. The highest BCUT2D eigenvalue weighted by Crippen LogP contribution is 2.27. The molecule has 0 aliphatic heterocycles. The van der Waals surface area contributed by atoms with Gasteiger partial charge in [-0.15, -0.1) is 0 Å². The third-order valence-electron chi connectivity index (χ3n) is 2.94. The van der Waals surface area contributed by atoms with Crippen molar-refractivity contribution in [3.63, 3.8) is 0 Å². The zero-order valence-corrected chi connectivity index (χ0v) is 12.2. The van der Waals surface area contributed by atoms with Crippen LogP contribution in [-0.4, -0.2) is 22.4 Å². The number of amides is 1. The van der Waals surface area contributed by atoms with E-state index in [-0.39, 0.29) is 17.0 Å². The molecule has 0 saturated carbocycles. The van der Waals surface area contributed by atoms with Gasteiger partial charge in [-0.05, 0) is 12.1 Å². The number of nitrogens with zero attached hydrogens (tertiary/aromatic N) is 2. The quantitative estimate of drug-likeness (QED) is 0.627. The fraction of sp³-hybridized carbons (Fsp3) is 0.0714. The molecule has 11 heteroatoms. The highest BCUT2D eigenvalue weighted by atomic mass is 19.3.